The van der Waals surface area contributed by atoms with E-state index in [0.29, 0.717) is 35.0 Å². The summed E-state index contributed by atoms with van der Waals surface area (Å²) in [5, 5.41) is 0.650. The highest BCUT2D eigenvalue weighted by atomic mass is 35.5. The number of hydrogen-bond donors (Lipinski definition) is 0. The van der Waals surface area contributed by atoms with Crippen molar-refractivity contribution in [1.82, 2.24) is 9.80 Å². The second-order valence-corrected chi connectivity index (χ2v) is 14.1. The normalized spacial score (nSPS) is 22.0. The first-order chi connectivity index (χ1) is 22.6. The fraction of sp³-hybridized carbons (Fsp3) is 0.474. The van der Waals surface area contributed by atoms with Crippen molar-refractivity contribution in [3.05, 3.63) is 82.4 Å². The van der Waals surface area contributed by atoms with E-state index in [9.17, 15) is 9.59 Å². The number of piperazine rings is 1. The van der Waals surface area contributed by atoms with Gasteiger partial charge in [-0.15, -0.1) is 0 Å². The molecule has 6 rings (SSSR count). The van der Waals surface area contributed by atoms with Crippen LogP contribution in [0.15, 0.2) is 60.7 Å². The van der Waals surface area contributed by atoms with Crippen LogP contribution in [0.3, 0.4) is 0 Å². The maximum Gasteiger partial charge on any atom is 0.236 e. The van der Waals surface area contributed by atoms with E-state index in [2.05, 4.69) is 41.1 Å². The standard InChI is InChI=1S/C38H47ClN4O4/c1-25(2)47-35-22-33-28(20-34(35)46-5)21-36(44)43(38(33)27-8-10-29(39)11-9-27)32-16-14-30(15-17-32)41(4)23-26-6-12-31(13-7-26)42-19-18-40(3)37(45)24-42/h8-11,14-17,20,22,25-26,31,38H,6-7,12-13,18-19,21,23-24H2,1-5H3/t26-,31-,38?. The first kappa shape index (κ1) is 33.2. The van der Waals surface area contributed by atoms with Crippen molar-refractivity contribution in [2.24, 2.45) is 5.92 Å². The smallest absolute Gasteiger partial charge is 0.236 e. The number of nitrogens with zero attached hydrogens (tertiary/aromatic N) is 4. The predicted octanol–water partition coefficient (Wildman–Crippen LogP) is 6.58. The van der Waals surface area contributed by atoms with Gasteiger partial charge in [0.05, 0.1) is 32.2 Å². The topological polar surface area (TPSA) is 65.6 Å². The Labute approximate surface area is 284 Å². The molecule has 1 atom stereocenters. The molecule has 0 spiro atoms. The Balaban J connectivity index is 1.19. The Morgan fingerprint density at radius 1 is 0.915 bits per heavy atom. The average Bonchev–Trinajstić information content (AvgIpc) is 3.06. The van der Waals surface area contributed by atoms with Crippen LogP contribution in [-0.2, 0) is 16.0 Å². The number of carbonyl (C=O) groups excluding carboxylic acids is 2. The van der Waals surface area contributed by atoms with Crippen molar-refractivity contribution in [1.29, 1.82) is 0 Å². The lowest BCUT2D eigenvalue weighted by Gasteiger charge is -2.41. The number of hydrogen-bond acceptors (Lipinski definition) is 6. The van der Waals surface area contributed by atoms with Crippen molar-refractivity contribution in [3.63, 3.8) is 0 Å². The maximum absolute atomic E-state index is 13.9. The van der Waals surface area contributed by atoms with Gasteiger partial charge in [-0.25, -0.2) is 0 Å². The van der Waals surface area contributed by atoms with Crippen molar-refractivity contribution >= 4 is 34.8 Å². The molecular weight excluding hydrogens is 612 g/mol. The number of likely N-dealkylation sites (N-methyl/N-ethyl adjacent to an activating group) is 1. The van der Waals surface area contributed by atoms with E-state index in [-0.39, 0.29) is 30.4 Å². The number of rotatable bonds is 9. The van der Waals surface area contributed by atoms with Gasteiger partial charge in [0.15, 0.2) is 11.5 Å². The van der Waals surface area contributed by atoms with Crippen LogP contribution in [0.25, 0.3) is 0 Å². The summed E-state index contributed by atoms with van der Waals surface area (Å²) < 4.78 is 11.8. The highest BCUT2D eigenvalue weighted by molar-refractivity contribution is 6.30. The van der Waals surface area contributed by atoms with Crippen LogP contribution >= 0.6 is 11.6 Å². The number of amides is 2. The molecule has 1 saturated heterocycles. The molecule has 1 saturated carbocycles. The molecule has 47 heavy (non-hydrogen) atoms. The fourth-order valence-electron chi connectivity index (χ4n) is 7.47. The lowest BCUT2D eigenvalue weighted by molar-refractivity contribution is -0.135. The third-order valence-electron chi connectivity index (χ3n) is 10.1. The number of anilines is 2. The summed E-state index contributed by atoms with van der Waals surface area (Å²) >= 11 is 6.29. The second kappa shape index (κ2) is 14.2. The lowest BCUT2D eigenvalue weighted by atomic mass is 9.84. The number of halogens is 1. The quantitative estimate of drug-likeness (QED) is 0.259. The molecule has 3 aromatic rings. The molecule has 2 aliphatic heterocycles. The minimum atomic E-state index is -0.349. The Morgan fingerprint density at radius 2 is 1.62 bits per heavy atom. The molecule has 0 aromatic heterocycles. The summed E-state index contributed by atoms with van der Waals surface area (Å²) in [5.41, 5.74) is 4.90. The molecule has 0 radical (unpaired) electrons. The summed E-state index contributed by atoms with van der Waals surface area (Å²) in [6.07, 6.45) is 4.88. The van der Waals surface area contributed by atoms with Gasteiger partial charge >= 0.3 is 0 Å². The molecule has 2 heterocycles. The minimum Gasteiger partial charge on any atom is -0.493 e. The molecule has 2 amide bonds. The van der Waals surface area contributed by atoms with Crippen molar-refractivity contribution in [2.75, 3.05) is 57.2 Å². The van der Waals surface area contributed by atoms with Gasteiger partial charge in [0, 0.05) is 56.2 Å². The third-order valence-corrected chi connectivity index (χ3v) is 10.3. The van der Waals surface area contributed by atoms with E-state index in [0.717, 1.165) is 60.5 Å². The van der Waals surface area contributed by atoms with Crippen molar-refractivity contribution in [2.45, 2.75) is 64.1 Å². The Morgan fingerprint density at radius 3 is 2.26 bits per heavy atom. The van der Waals surface area contributed by atoms with Gasteiger partial charge in [-0.1, -0.05) is 23.7 Å². The predicted molar refractivity (Wildman–Crippen MR) is 188 cm³/mol. The van der Waals surface area contributed by atoms with Gasteiger partial charge in [0.25, 0.3) is 0 Å². The molecule has 2 fully saturated rings. The first-order valence-corrected chi connectivity index (χ1v) is 17.2. The monoisotopic (exact) mass is 658 g/mol. The van der Waals surface area contributed by atoms with Gasteiger partial charge in [0.2, 0.25) is 11.8 Å². The molecule has 9 heteroatoms. The van der Waals surface area contributed by atoms with Gasteiger partial charge in [0.1, 0.15) is 0 Å². The number of fused-ring (bicyclic) bond motifs is 1. The largest absolute Gasteiger partial charge is 0.493 e. The van der Waals surface area contributed by atoms with Crippen LogP contribution in [0.2, 0.25) is 5.02 Å². The highest BCUT2D eigenvalue weighted by Gasteiger charge is 2.36. The molecule has 250 valence electrons. The van der Waals surface area contributed by atoms with Gasteiger partial charge in [-0.3, -0.25) is 14.5 Å². The van der Waals surface area contributed by atoms with Crippen LogP contribution in [0.4, 0.5) is 11.4 Å². The summed E-state index contributed by atoms with van der Waals surface area (Å²) in [6, 6.07) is 20.3. The summed E-state index contributed by atoms with van der Waals surface area (Å²) in [7, 11) is 5.68. The lowest BCUT2D eigenvalue weighted by Crippen LogP contribution is -2.53. The number of methoxy groups -OCH3 is 1. The Bertz CT molecular complexity index is 1570. The molecular formula is C38H47ClN4O4. The number of carbonyl (C=O) groups is 2. The number of benzene rings is 3. The Kier molecular flexibility index (Phi) is 9.99. The van der Waals surface area contributed by atoms with Gasteiger partial charge in [-0.2, -0.15) is 0 Å². The van der Waals surface area contributed by atoms with E-state index >= 15 is 0 Å². The van der Waals surface area contributed by atoms with Crippen LogP contribution in [0.1, 0.15) is 62.3 Å². The van der Waals surface area contributed by atoms with Crippen LogP contribution < -0.4 is 19.3 Å². The van der Waals surface area contributed by atoms with Gasteiger partial charge < -0.3 is 24.2 Å². The molecule has 3 aromatic carbocycles. The zero-order chi connectivity index (χ0) is 33.2. The SMILES string of the molecule is COc1cc2c(cc1OC(C)C)C(c1ccc(Cl)cc1)N(c1ccc(N(C)C[C@H]3CC[C@H](N4CCN(C)C(=O)C4)CC3)cc1)C(=O)C2. The van der Waals surface area contributed by atoms with Crippen molar-refractivity contribution < 1.29 is 19.1 Å². The van der Waals surface area contributed by atoms with E-state index in [1.165, 1.54) is 12.8 Å². The highest BCUT2D eigenvalue weighted by Crippen LogP contribution is 2.44. The van der Waals surface area contributed by atoms with Gasteiger partial charge in [-0.05, 0) is 111 Å². The Hall–Kier alpha value is -3.75. The second-order valence-electron chi connectivity index (χ2n) is 13.6. The zero-order valence-corrected chi connectivity index (χ0v) is 29.0. The van der Waals surface area contributed by atoms with Crippen LogP contribution in [-0.4, -0.2) is 81.1 Å². The molecule has 1 aliphatic carbocycles. The van der Waals surface area contributed by atoms with Crippen LogP contribution in [0.5, 0.6) is 11.5 Å². The van der Waals surface area contributed by atoms with E-state index in [1.54, 1.807) is 7.11 Å². The molecule has 0 bridgehead atoms. The molecule has 3 aliphatic rings. The summed E-state index contributed by atoms with van der Waals surface area (Å²) in [6.45, 7) is 7.34. The minimum absolute atomic E-state index is 0.0249. The number of ether oxygens (including phenoxy) is 2. The zero-order valence-electron chi connectivity index (χ0n) is 28.2. The van der Waals surface area contributed by atoms with Crippen molar-refractivity contribution in [3.8, 4) is 11.5 Å². The first-order valence-electron chi connectivity index (χ1n) is 16.9. The average molecular weight is 659 g/mol. The van der Waals surface area contributed by atoms with E-state index < -0.39 is 0 Å². The summed E-state index contributed by atoms with van der Waals surface area (Å²) in [5.74, 6) is 2.17. The van der Waals surface area contributed by atoms with E-state index in [4.69, 9.17) is 21.1 Å². The summed E-state index contributed by atoms with van der Waals surface area (Å²) in [4.78, 5) is 34.6. The third kappa shape index (κ3) is 7.24. The fourth-order valence-corrected chi connectivity index (χ4v) is 7.60. The molecule has 8 nitrogen and oxygen atoms in total. The van der Waals surface area contributed by atoms with Crippen LogP contribution in [0, 0.1) is 5.92 Å². The molecule has 0 N–H and O–H groups in total. The molecule has 1 unspecified atom stereocenters. The van der Waals surface area contributed by atoms with E-state index in [1.807, 2.05) is 67.1 Å². The maximum atomic E-state index is 13.9.